The van der Waals surface area contributed by atoms with E-state index in [0.29, 0.717) is 0 Å². The van der Waals surface area contributed by atoms with Gasteiger partial charge in [-0.25, -0.2) is 0 Å². The lowest BCUT2D eigenvalue weighted by Crippen LogP contribution is -2.30. The molecule has 1 aliphatic carbocycles. The van der Waals surface area contributed by atoms with Crippen LogP contribution in [0.4, 0.5) is 0 Å². The zero-order valence-corrected chi connectivity index (χ0v) is 10.6. The fourth-order valence-corrected chi connectivity index (χ4v) is 2.30. The van der Waals surface area contributed by atoms with Crippen LogP contribution in [0.15, 0.2) is 28.7 Å². The van der Waals surface area contributed by atoms with Crippen molar-refractivity contribution in [2.24, 2.45) is 5.92 Å². The molecule has 0 aromatic heterocycles. The van der Waals surface area contributed by atoms with Gasteiger partial charge in [-0.05, 0) is 30.0 Å². The maximum atomic E-state index is 11.6. The summed E-state index contributed by atoms with van der Waals surface area (Å²) < 4.78 is 0.992. The first-order valence-corrected chi connectivity index (χ1v) is 6.12. The smallest absolute Gasteiger partial charge is 0.322 e. The number of rotatable bonds is 4. The molecule has 2 unspecified atom stereocenters. The first-order chi connectivity index (χ1) is 8.08. The molecule has 2 N–H and O–H groups in total. The van der Waals surface area contributed by atoms with Crippen LogP contribution in [0.2, 0.25) is 0 Å². The van der Waals surface area contributed by atoms with Crippen LogP contribution >= 0.6 is 15.9 Å². The molecule has 0 saturated heterocycles. The lowest BCUT2D eigenvalue weighted by molar-refractivity contribution is -0.138. The van der Waals surface area contributed by atoms with Crippen LogP contribution in [-0.2, 0) is 9.59 Å². The van der Waals surface area contributed by atoms with E-state index in [1.807, 2.05) is 24.3 Å². The summed E-state index contributed by atoms with van der Waals surface area (Å²) in [6.45, 7) is -0.305. The molecule has 0 bridgehead atoms. The van der Waals surface area contributed by atoms with Gasteiger partial charge in [-0.1, -0.05) is 28.1 Å². The molecule has 5 heteroatoms. The number of carbonyl (C=O) groups is 2. The average Bonchev–Trinajstić information content (AvgIpc) is 3.05. The van der Waals surface area contributed by atoms with Crippen LogP contribution in [0.25, 0.3) is 0 Å². The van der Waals surface area contributed by atoms with Gasteiger partial charge in [-0.3, -0.25) is 9.59 Å². The second kappa shape index (κ2) is 4.87. The van der Waals surface area contributed by atoms with Crippen molar-refractivity contribution in [2.75, 3.05) is 6.54 Å². The van der Waals surface area contributed by atoms with Crippen molar-refractivity contribution in [3.63, 3.8) is 0 Å². The van der Waals surface area contributed by atoms with Crippen LogP contribution < -0.4 is 5.32 Å². The van der Waals surface area contributed by atoms with Crippen LogP contribution in [0.3, 0.4) is 0 Å². The Labute approximate surface area is 107 Å². The molecule has 0 heterocycles. The summed E-state index contributed by atoms with van der Waals surface area (Å²) in [5.74, 6) is -1.04. The Morgan fingerprint density at radius 2 is 2.24 bits per heavy atom. The number of hydrogen-bond acceptors (Lipinski definition) is 2. The van der Waals surface area contributed by atoms with E-state index in [-0.39, 0.29) is 24.3 Å². The molecule has 1 saturated carbocycles. The zero-order valence-electron chi connectivity index (χ0n) is 9.02. The Balaban J connectivity index is 1.92. The summed E-state index contributed by atoms with van der Waals surface area (Å²) in [6.07, 6.45) is 0.794. The molecular formula is C12H12BrNO3. The van der Waals surface area contributed by atoms with Gasteiger partial charge in [-0.2, -0.15) is 0 Å². The van der Waals surface area contributed by atoms with E-state index < -0.39 is 5.97 Å². The van der Waals surface area contributed by atoms with Gasteiger partial charge >= 0.3 is 5.97 Å². The Morgan fingerprint density at radius 3 is 2.88 bits per heavy atom. The van der Waals surface area contributed by atoms with E-state index in [1.165, 1.54) is 0 Å². The summed E-state index contributed by atoms with van der Waals surface area (Å²) in [5, 5.41) is 10.9. The monoisotopic (exact) mass is 297 g/mol. The van der Waals surface area contributed by atoms with Crippen molar-refractivity contribution < 1.29 is 14.7 Å². The fourth-order valence-electron chi connectivity index (χ4n) is 1.88. The van der Waals surface area contributed by atoms with Gasteiger partial charge in [0.1, 0.15) is 6.54 Å². The van der Waals surface area contributed by atoms with Gasteiger partial charge in [0.15, 0.2) is 0 Å². The number of carbonyl (C=O) groups excluding carboxylic acids is 1. The van der Waals surface area contributed by atoms with Crippen molar-refractivity contribution in [2.45, 2.75) is 12.3 Å². The van der Waals surface area contributed by atoms with E-state index in [1.54, 1.807) is 0 Å². The highest BCUT2D eigenvalue weighted by molar-refractivity contribution is 9.10. The van der Waals surface area contributed by atoms with E-state index in [2.05, 4.69) is 21.2 Å². The number of halogens is 1. The number of benzene rings is 1. The minimum atomic E-state index is -1.02. The van der Waals surface area contributed by atoms with Crippen molar-refractivity contribution in [3.05, 3.63) is 34.3 Å². The lowest BCUT2D eigenvalue weighted by Gasteiger charge is -2.02. The van der Waals surface area contributed by atoms with Crippen molar-refractivity contribution in [1.82, 2.24) is 5.32 Å². The highest BCUT2D eigenvalue weighted by Gasteiger charge is 2.43. The largest absolute Gasteiger partial charge is 0.480 e. The topological polar surface area (TPSA) is 66.4 Å². The van der Waals surface area contributed by atoms with Gasteiger partial charge in [-0.15, -0.1) is 0 Å². The molecule has 1 aliphatic rings. The molecule has 0 spiro atoms. The summed E-state index contributed by atoms with van der Waals surface area (Å²) in [4.78, 5) is 21.9. The molecule has 4 nitrogen and oxygen atoms in total. The van der Waals surface area contributed by atoms with Crippen molar-refractivity contribution >= 4 is 27.8 Å². The van der Waals surface area contributed by atoms with Gasteiger partial charge in [0, 0.05) is 10.4 Å². The fraction of sp³-hybridized carbons (Fsp3) is 0.333. The molecular weight excluding hydrogens is 286 g/mol. The molecule has 0 radical (unpaired) electrons. The van der Waals surface area contributed by atoms with E-state index in [0.717, 1.165) is 16.5 Å². The SMILES string of the molecule is O=C(O)CNC(=O)C1CC1c1cccc(Br)c1. The quantitative estimate of drug-likeness (QED) is 0.890. The van der Waals surface area contributed by atoms with Crippen LogP contribution in [0.1, 0.15) is 17.9 Å². The lowest BCUT2D eigenvalue weighted by atomic mass is 10.1. The molecule has 1 aromatic rings. The number of amides is 1. The predicted octanol–water partition coefficient (Wildman–Crippen LogP) is 1.75. The number of aliphatic carboxylic acids is 1. The molecule has 17 heavy (non-hydrogen) atoms. The van der Waals surface area contributed by atoms with E-state index in [4.69, 9.17) is 5.11 Å². The maximum absolute atomic E-state index is 11.6. The number of carboxylic acids is 1. The summed E-state index contributed by atoms with van der Waals surface area (Å²) in [7, 11) is 0. The third-order valence-corrected chi connectivity index (χ3v) is 3.31. The Hall–Kier alpha value is -1.36. The van der Waals surface area contributed by atoms with Gasteiger partial charge in [0.05, 0.1) is 0 Å². The molecule has 0 aliphatic heterocycles. The highest BCUT2D eigenvalue weighted by atomic mass is 79.9. The van der Waals surface area contributed by atoms with Crippen molar-refractivity contribution in [1.29, 1.82) is 0 Å². The minimum absolute atomic E-state index is 0.0800. The Bertz CT molecular complexity index is 461. The van der Waals surface area contributed by atoms with Crippen LogP contribution in [0, 0.1) is 5.92 Å². The first-order valence-electron chi connectivity index (χ1n) is 5.33. The summed E-state index contributed by atoms with van der Waals surface area (Å²) in [6, 6.07) is 7.85. The zero-order chi connectivity index (χ0) is 12.4. The average molecular weight is 298 g/mol. The van der Waals surface area contributed by atoms with Gasteiger partial charge in [0.2, 0.25) is 5.91 Å². The van der Waals surface area contributed by atoms with E-state index in [9.17, 15) is 9.59 Å². The molecule has 2 atom stereocenters. The Morgan fingerprint density at radius 1 is 1.47 bits per heavy atom. The molecule has 1 amide bonds. The number of carboxylic acid groups (broad SMARTS) is 1. The third-order valence-electron chi connectivity index (χ3n) is 2.82. The summed E-state index contributed by atoms with van der Waals surface area (Å²) >= 11 is 3.39. The van der Waals surface area contributed by atoms with Gasteiger partial charge in [0.25, 0.3) is 0 Å². The summed E-state index contributed by atoms with van der Waals surface area (Å²) in [5.41, 5.74) is 1.12. The second-order valence-electron chi connectivity index (χ2n) is 4.12. The van der Waals surface area contributed by atoms with Crippen LogP contribution in [-0.4, -0.2) is 23.5 Å². The molecule has 1 aromatic carbocycles. The highest BCUT2D eigenvalue weighted by Crippen LogP contribution is 2.47. The third kappa shape index (κ3) is 3.06. The van der Waals surface area contributed by atoms with Crippen molar-refractivity contribution in [3.8, 4) is 0 Å². The van der Waals surface area contributed by atoms with Crippen LogP contribution in [0.5, 0.6) is 0 Å². The van der Waals surface area contributed by atoms with E-state index >= 15 is 0 Å². The molecule has 2 rings (SSSR count). The standard InChI is InChI=1S/C12H12BrNO3/c13-8-3-1-2-7(4-8)9-5-10(9)12(17)14-6-11(15)16/h1-4,9-10H,5-6H2,(H,14,17)(H,15,16). The second-order valence-corrected chi connectivity index (χ2v) is 5.03. The first kappa shape index (κ1) is 12.1. The van der Waals surface area contributed by atoms with Gasteiger partial charge < -0.3 is 10.4 Å². The number of hydrogen-bond donors (Lipinski definition) is 2. The minimum Gasteiger partial charge on any atom is -0.480 e. The molecule has 90 valence electrons. The normalized spacial score (nSPS) is 21.9. The Kier molecular flexibility index (Phi) is 3.47. The predicted molar refractivity (Wildman–Crippen MR) is 65.6 cm³/mol. The maximum Gasteiger partial charge on any atom is 0.322 e. The number of nitrogens with one attached hydrogen (secondary N) is 1. The molecule has 1 fully saturated rings.